The fourth-order valence-corrected chi connectivity index (χ4v) is 3.20. The third-order valence-corrected chi connectivity index (χ3v) is 4.80. The van der Waals surface area contributed by atoms with Crippen LogP contribution < -0.4 is 29.0 Å². The highest BCUT2D eigenvalue weighted by atomic mass is 16.5. The van der Waals surface area contributed by atoms with Crippen LogP contribution in [0.25, 0.3) is 0 Å². The minimum Gasteiger partial charge on any atom is -0.493 e. The van der Waals surface area contributed by atoms with E-state index in [9.17, 15) is 4.79 Å². The molecular weight excluding hydrogens is 424 g/mol. The van der Waals surface area contributed by atoms with Gasteiger partial charge in [-0.2, -0.15) is 0 Å². The highest BCUT2D eigenvalue weighted by molar-refractivity contribution is 5.94. The monoisotopic (exact) mass is 452 g/mol. The number of hydrogen-bond acceptors (Lipinski definition) is 7. The number of benzene rings is 2. The first-order chi connectivity index (χ1) is 16.1. The summed E-state index contributed by atoms with van der Waals surface area (Å²) in [5.74, 6) is 2.36. The van der Waals surface area contributed by atoms with Crippen LogP contribution in [0.2, 0.25) is 0 Å². The topological polar surface area (TPSA) is 88.1 Å². The van der Waals surface area contributed by atoms with Gasteiger partial charge in [0.15, 0.2) is 23.0 Å². The summed E-state index contributed by atoms with van der Waals surface area (Å²) in [4.78, 5) is 16.9. The minimum atomic E-state index is -0.247. The number of nitrogens with one attached hydrogen (secondary N) is 1. The Bertz CT molecular complexity index is 1050. The molecule has 0 aliphatic rings. The molecule has 1 amide bonds. The van der Waals surface area contributed by atoms with E-state index in [1.165, 1.54) is 0 Å². The predicted octanol–water partition coefficient (Wildman–Crippen LogP) is 4.02. The first-order valence-electron chi connectivity index (χ1n) is 10.4. The van der Waals surface area contributed by atoms with E-state index in [4.69, 9.17) is 23.7 Å². The van der Waals surface area contributed by atoms with Gasteiger partial charge in [-0.3, -0.25) is 9.78 Å². The quantitative estimate of drug-likeness (QED) is 0.470. The average molecular weight is 453 g/mol. The molecule has 0 aliphatic heterocycles. The van der Waals surface area contributed by atoms with Gasteiger partial charge >= 0.3 is 0 Å². The lowest BCUT2D eigenvalue weighted by Gasteiger charge is -2.15. The Morgan fingerprint density at radius 1 is 0.879 bits per heavy atom. The van der Waals surface area contributed by atoms with Gasteiger partial charge in [-0.25, -0.2) is 0 Å². The lowest BCUT2D eigenvalue weighted by Crippen LogP contribution is -2.23. The zero-order valence-corrected chi connectivity index (χ0v) is 19.2. The van der Waals surface area contributed by atoms with Crippen molar-refractivity contribution in [3.63, 3.8) is 0 Å². The third kappa shape index (κ3) is 6.06. The molecule has 3 rings (SSSR count). The van der Waals surface area contributed by atoms with Gasteiger partial charge in [0.2, 0.25) is 5.75 Å². The van der Waals surface area contributed by atoms with Crippen LogP contribution in [0.3, 0.4) is 0 Å². The molecule has 1 N–H and O–H groups in total. The highest BCUT2D eigenvalue weighted by Crippen LogP contribution is 2.38. The number of amides is 1. The Hall–Kier alpha value is -3.94. The molecule has 0 fully saturated rings. The standard InChI is InChI=1S/C25H28N2O6/c1-5-32-21-13-19(8-9-20(21)33-16-17-7-6-10-26-14-17)25(28)27-15-18-11-22(29-2)24(31-4)23(12-18)30-3/h6-14H,5,15-16H2,1-4H3,(H,27,28). The Balaban J connectivity index is 1.71. The maximum atomic E-state index is 12.8. The maximum absolute atomic E-state index is 12.8. The van der Waals surface area contributed by atoms with Crippen molar-refractivity contribution < 1.29 is 28.5 Å². The van der Waals surface area contributed by atoms with E-state index in [2.05, 4.69) is 10.3 Å². The van der Waals surface area contributed by atoms with Crippen LogP contribution in [-0.4, -0.2) is 38.8 Å². The first kappa shape index (κ1) is 23.7. The molecule has 0 bridgehead atoms. The number of pyridine rings is 1. The zero-order chi connectivity index (χ0) is 23.6. The van der Waals surface area contributed by atoms with Crippen LogP contribution in [0, 0.1) is 0 Å². The molecule has 0 unspecified atom stereocenters. The van der Waals surface area contributed by atoms with Gasteiger partial charge in [0.25, 0.3) is 5.91 Å². The number of aromatic nitrogens is 1. The number of nitrogens with zero attached hydrogens (tertiary/aromatic N) is 1. The summed E-state index contributed by atoms with van der Waals surface area (Å²) in [6, 6.07) is 12.5. The van der Waals surface area contributed by atoms with E-state index >= 15 is 0 Å². The van der Waals surface area contributed by atoms with Crippen LogP contribution in [-0.2, 0) is 13.2 Å². The van der Waals surface area contributed by atoms with Crippen molar-refractivity contribution in [1.29, 1.82) is 0 Å². The third-order valence-electron chi connectivity index (χ3n) is 4.80. The molecule has 0 saturated carbocycles. The molecule has 33 heavy (non-hydrogen) atoms. The van der Waals surface area contributed by atoms with Gasteiger partial charge in [-0.15, -0.1) is 0 Å². The van der Waals surface area contributed by atoms with Crippen molar-refractivity contribution in [2.75, 3.05) is 27.9 Å². The first-order valence-corrected chi connectivity index (χ1v) is 10.4. The molecule has 8 nitrogen and oxygen atoms in total. The molecular formula is C25H28N2O6. The van der Waals surface area contributed by atoms with Crippen molar-refractivity contribution in [2.24, 2.45) is 0 Å². The highest BCUT2D eigenvalue weighted by Gasteiger charge is 2.15. The molecule has 0 aliphatic carbocycles. The van der Waals surface area contributed by atoms with Gasteiger partial charge in [0.05, 0.1) is 27.9 Å². The molecule has 0 spiro atoms. The van der Waals surface area contributed by atoms with Crippen LogP contribution in [0.4, 0.5) is 0 Å². The molecule has 174 valence electrons. The van der Waals surface area contributed by atoms with Gasteiger partial charge in [-0.05, 0) is 48.9 Å². The number of methoxy groups -OCH3 is 3. The second-order valence-electron chi connectivity index (χ2n) is 6.96. The van der Waals surface area contributed by atoms with Crippen LogP contribution in [0.15, 0.2) is 54.9 Å². The summed E-state index contributed by atoms with van der Waals surface area (Å²) in [5, 5.41) is 2.91. The molecule has 8 heteroatoms. The number of rotatable bonds is 11. The fraction of sp³-hybridized carbons (Fsp3) is 0.280. The summed E-state index contributed by atoms with van der Waals surface area (Å²) in [6.45, 7) is 2.95. The number of ether oxygens (including phenoxy) is 5. The molecule has 0 radical (unpaired) electrons. The number of carbonyl (C=O) groups excluding carboxylic acids is 1. The predicted molar refractivity (Wildman–Crippen MR) is 123 cm³/mol. The normalized spacial score (nSPS) is 10.3. The number of carbonyl (C=O) groups is 1. The summed E-state index contributed by atoms with van der Waals surface area (Å²) in [5.41, 5.74) is 2.20. The van der Waals surface area contributed by atoms with Crippen molar-refractivity contribution in [1.82, 2.24) is 10.3 Å². The van der Waals surface area contributed by atoms with Crippen molar-refractivity contribution >= 4 is 5.91 Å². The average Bonchev–Trinajstić information content (AvgIpc) is 2.86. The van der Waals surface area contributed by atoms with Crippen molar-refractivity contribution in [2.45, 2.75) is 20.1 Å². The number of hydrogen-bond donors (Lipinski definition) is 1. The van der Waals surface area contributed by atoms with E-state index in [1.807, 2.05) is 19.1 Å². The van der Waals surface area contributed by atoms with Gasteiger partial charge in [-0.1, -0.05) is 6.07 Å². The Kier molecular flexibility index (Phi) is 8.35. The largest absolute Gasteiger partial charge is 0.493 e. The van der Waals surface area contributed by atoms with Crippen LogP contribution >= 0.6 is 0 Å². The maximum Gasteiger partial charge on any atom is 0.251 e. The summed E-state index contributed by atoms with van der Waals surface area (Å²) < 4.78 is 27.6. The zero-order valence-electron chi connectivity index (χ0n) is 19.2. The SMILES string of the molecule is CCOc1cc(C(=O)NCc2cc(OC)c(OC)c(OC)c2)ccc1OCc1cccnc1. The lowest BCUT2D eigenvalue weighted by molar-refractivity contribution is 0.0950. The summed E-state index contributed by atoms with van der Waals surface area (Å²) in [7, 11) is 4.64. The van der Waals surface area contributed by atoms with E-state index in [1.54, 1.807) is 64.1 Å². The second-order valence-corrected chi connectivity index (χ2v) is 6.96. The molecule has 2 aromatic carbocycles. The Labute approximate surface area is 193 Å². The lowest BCUT2D eigenvalue weighted by atomic mass is 10.1. The summed E-state index contributed by atoms with van der Waals surface area (Å²) in [6.07, 6.45) is 3.45. The second kappa shape index (κ2) is 11.6. The molecule has 0 saturated heterocycles. The molecule has 1 aromatic heterocycles. The molecule has 0 atom stereocenters. The van der Waals surface area contributed by atoms with Crippen LogP contribution in [0.5, 0.6) is 28.7 Å². The van der Waals surface area contributed by atoms with E-state index in [-0.39, 0.29) is 12.5 Å². The van der Waals surface area contributed by atoms with Gasteiger partial charge in [0, 0.05) is 30.1 Å². The van der Waals surface area contributed by atoms with Gasteiger partial charge < -0.3 is 29.0 Å². The minimum absolute atomic E-state index is 0.247. The smallest absolute Gasteiger partial charge is 0.251 e. The van der Waals surface area contributed by atoms with E-state index < -0.39 is 0 Å². The van der Waals surface area contributed by atoms with E-state index in [0.717, 1.165) is 11.1 Å². The fourth-order valence-electron chi connectivity index (χ4n) is 3.20. The summed E-state index contributed by atoms with van der Waals surface area (Å²) >= 11 is 0. The van der Waals surface area contributed by atoms with Crippen molar-refractivity contribution in [3.8, 4) is 28.7 Å². The molecule has 3 aromatic rings. The van der Waals surface area contributed by atoms with Crippen molar-refractivity contribution in [3.05, 3.63) is 71.5 Å². The van der Waals surface area contributed by atoms with E-state index in [0.29, 0.717) is 47.5 Å². The Morgan fingerprint density at radius 2 is 1.64 bits per heavy atom. The Morgan fingerprint density at radius 3 is 2.24 bits per heavy atom. The molecule has 1 heterocycles. The van der Waals surface area contributed by atoms with Crippen LogP contribution in [0.1, 0.15) is 28.4 Å². The van der Waals surface area contributed by atoms with Gasteiger partial charge in [0.1, 0.15) is 6.61 Å².